The minimum Gasteiger partial charge on any atom is -0.490 e. The summed E-state index contributed by atoms with van der Waals surface area (Å²) in [6, 6.07) is 3.49. The Kier molecular flexibility index (Phi) is 6.66. The van der Waals surface area contributed by atoms with Gasteiger partial charge in [-0.1, -0.05) is 0 Å². The van der Waals surface area contributed by atoms with Gasteiger partial charge in [-0.05, 0) is 40.5 Å². The SMILES string of the molecule is CCOc1cc(CO)cc(Br)c1OCCC(=O)NC. The Morgan fingerprint density at radius 2 is 2.16 bits per heavy atom. The van der Waals surface area contributed by atoms with Crippen LogP contribution in [0.2, 0.25) is 0 Å². The van der Waals surface area contributed by atoms with Crippen molar-refractivity contribution in [1.29, 1.82) is 0 Å². The van der Waals surface area contributed by atoms with Crippen molar-refractivity contribution in [1.82, 2.24) is 5.32 Å². The number of rotatable bonds is 7. The van der Waals surface area contributed by atoms with Gasteiger partial charge in [0.15, 0.2) is 11.5 Å². The second-order valence-corrected chi connectivity index (χ2v) is 4.62. The van der Waals surface area contributed by atoms with Crippen LogP contribution in [-0.2, 0) is 11.4 Å². The largest absolute Gasteiger partial charge is 0.490 e. The van der Waals surface area contributed by atoms with Crippen molar-refractivity contribution in [2.45, 2.75) is 20.0 Å². The second kappa shape index (κ2) is 8.01. The summed E-state index contributed by atoms with van der Waals surface area (Å²) < 4.78 is 11.7. The second-order valence-electron chi connectivity index (χ2n) is 3.77. The third-order valence-corrected chi connectivity index (χ3v) is 3.00. The number of benzene rings is 1. The minimum atomic E-state index is -0.0824. The number of hydrogen-bond donors (Lipinski definition) is 2. The Balaban J connectivity index is 2.82. The van der Waals surface area contributed by atoms with E-state index in [4.69, 9.17) is 14.6 Å². The number of ether oxygens (including phenoxy) is 2. The van der Waals surface area contributed by atoms with E-state index in [1.807, 2.05) is 6.92 Å². The molecule has 1 aromatic carbocycles. The first-order valence-corrected chi connectivity index (χ1v) is 6.81. The number of nitrogens with one attached hydrogen (secondary N) is 1. The van der Waals surface area contributed by atoms with E-state index in [0.717, 1.165) is 5.56 Å². The van der Waals surface area contributed by atoms with Crippen LogP contribution in [0.15, 0.2) is 16.6 Å². The Morgan fingerprint density at radius 3 is 2.74 bits per heavy atom. The van der Waals surface area contributed by atoms with Crippen molar-refractivity contribution in [2.75, 3.05) is 20.3 Å². The van der Waals surface area contributed by atoms with Crippen molar-refractivity contribution >= 4 is 21.8 Å². The highest BCUT2D eigenvalue weighted by molar-refractivity contribution is 9.10. The van der Waals surface area contributed by atoms with Gasteiger partial charge < -0.3 is 19.9 Å². The topological polar surface area (TPSA) is 67.8 Å². The van der Waals surface area contributed by atoms with Gasteiger partial charge in [0.2, 0.25) is 5.91 Å². The Labute approximate surface area is 121 Å². The number of aliphatic hydroxyl groups is 1. The van der Waals surface area contributed by atoms with Crippen LogP contribution < -0.4 is 14.8 Å². The van der Waals surface area contributed by atoms with Crippen molar-refractivity contribution in [2.24, 2.45) is 0 Å². The maximum absolute atomic E-state index is 11.1. The third-order valence-electron chi connectivity index (χ3n) is 2.41. The number of carbonyl (C=O) groups excluding carboxylic acids is 1. The average Bonchev–Trinajstić information content (AvgIpc) is 2.41. The molecule has 0 spiro atoms. The standard InChI is InChI=1S/C13H18BrNO4/c1-3-18-11-7-9(8-16)6-10(14)13(11)19-5-4-12(17)15-2/h6-7,16H,3-5,8H2,1-2H3,(H,15,17). The quantitative estimate of drug-likeness (QED) is 0.800. The number of carbonyl (C=O) groups is 1. The molecule has 0 unspecified atom stereocenters. The molecular weight excluding hydrogens is 314 g/mol. The molecule has 0 saturated carbocycles. The van der Waals surface area contributed by atoms with Gasteiger partial charge in [0.1, 0.15) is 0 Å². The van der Waals surface area contributed by atoms with Gasteiger partial charge in [0.05, 0.1) is 30.7 Å². The molecule has 2 N–H and O–H groups in total. The molecule has 1 amide bonds. The van der Waals surface area contributed by atoms with Crippen molar-refractivity contribution in [3.05, 3.63) is 22.2 Å². The molecule has 1 rings (SSSR count). The van der Waals surface area contributed by atoms with Crippen LogP contribution in [-0.4, -0.2) is 31.3 Å². The number of aliphatic hydroxyl groups excluding tert-OH is 1. The fourth-order valence-corrected chi connectivity index (χ4v) is 2.09. The lowest BCUT2D eigenvalue weighted by atomic mass is 10.2. The lowest BCUT2D eigenvalue weighted by Gasteiger charge is -2.14. The molecule has 1 aromatic rings. The molecule has 0 radical (unpaired) electrons. The summed E-state index contributed by atoms with van der Waals surface area (Å²) in [4.78, 5) is 11.1. The highest BCUT2D eigenvalue weighted by atomic mass is 79.9. The molecule has 0 atom stereocenters. The number of hydrogen-bond acceptors (Lipinski definition) is 4. The molecule has 0 aromatic heterocycles. The monoisotopic (exact) mass is 331 g/mol. The molecule has 0 aliphatic carbocycles. The van der Waals surface area contributed by atoms with Crippen molar-refractivity contribution in [3.63, 3.8) is 0 Å². The predicted octanol–water partition coefficient (Wildman–Crippen LogP) is 1.85. The highest BCUT2D eigenvalue weighted by Gasteiger charge is 2.12. The molecule has 0 saturated heterocycles. The molecule has 0 heterocycles. The summed E-state index contributed by atoms with van der Waals surface area (Å²) in [6.07, 6.45) is 0.274. The zero-order valence-corrected chi connectivity index (χ0v) is 12.6. The highest BCUT2D eigenvalue weighted by Crippen LogP contribution is 2.37. The van der Waals surface area contributed by atoms with E-state index < -0.39 is 0 Å². The molecule has 6 heteroatoms. The first kappa shape index (κ1) is 15.8. The molecule has 106 valence electrons. The normalized spacial score (nSPS) is 10.1. The number of halogens is 1. The van der Waals surface area contributed by atoms with Gasteiger partial charge in [-0.25, -0.2) is 0 Å². The molecule has 0 fully saturated rings. The summed E-state index contributed by atoms with van der Waals surface area (Å²) in [5, 5.41) is 11.7. The van der Waals surface area contributed by atoms with Gasteiger partial charge >= 0.3 is 0 Å². The molecule has 19 heavy (non-hydrogen) atoms. The third kappa shape index (κ3) is 4.72. The summed E-state index contributed by atoms with van der Waals surface area (Å²) in [6.45, 7) is 2.55. The number of amides is 1. The van der Waals surface area contributed by atoms with Gasteiger partial charge in [0.25, 0.3) is 0 Å². The lowest BCUT2D eigenvalue weighted by molar-refractivity contribution is -0.121. The minimum absolute atomic E-state index is 0.0722. The molecule has 5 nitrogen and oxygen atoms in total. The Hall–Kier alpha value is -1.27. The van der Waals surface area contributed by atoms with E-state index in [1.54, 1.807) is 19.2 Å². The fraction of sp³-hybridized carbons (Fsp3) is 0.462. The summed E-state index contributed by atoms with van der Waals surface area (Å²) in [7, 11) is 1.58. The lowest BCUT2D eigenvalue weighted by Crippen LogP contribution is -2.20. The van der Waals surface area contributed by atoms with Gasteiger partial charge in [0, 0.05) is 7.05 Å². The van der Waals surface area contributed by atoms with Crippen LogP contribution in [0.4, 0.5) is 0 Å². The van der Waals surface area contributed by atoms with Crippen LogP contribution in [0.25, 0.3) is 0 Å². The van der Waals surface area contributed by atoms with E-state index in [-0.39, 0.29) is 25.5 Å². The van der Waals surface area contributed by atoms with Gasteiger partial charge in [-0.3, -0.25) is 4.79 Å². The van der Waals surface area contributed by atoms with Crippen molar-refractivity contribution in [3.8, 4) is 11.5 Å². The van der Waals surface area contributed by atoms with Crippen LogP contribution in [0.3, 0.4) is 0 Å². The first-order chi connectivity index (χ1) is 9.12. The van der Waals surface area contributed by atoms with E-state index in [0.29, 0.717) is 22.6 Å². The van der Waals surface area contributed by atoms with Crippen LogP contribution in [0.1, 0.15) is 18.9 Å². The summed E-state index contributed by atoms with van der Waals surface area (Å²) >= 11 is 3.38. The van der Waals surface area contributed by atoms with Gasteiger partial charge in [-0.2, -0.15) is 0 Å². The zero-order valence-electron chi connectivity index (χ0n) is 11.0. The Bertz CT molecular complexity index is 437. The molecule has 0 bridgehead atoms. The summed E-state index contributed by atoms with van der Waals surface area (Å²) in [5.41, 5.74) is 0.731. The molecule has 0 aliphatic rings. The van der Waals surface area contributed by atoms with E-state index in [9.17, 15) is 4.79 Å². The van der Waals surface area contributed by atoms with E-state index in [2.05, 4.69) is 21.2 Å². The zero-order chi connectivity index (χ0) is 14.3. The fourth-order valence-electron chi connectivity index (χ4n) is 1.49. The molecular formula is C13H18BrNO4. The van der Waals surface area contributed by atoms with Crippen molar-refractivity contribution < 1.29 is 19.4 Å². The smallest absolute Gasteiger partial charge is 0.223 e. The first-order valence-electron chi connectivity index (χ1n) is 6.01. The maximum Gasteiger partial charge on any atom is 0.223 e. The van der Waals surface area contributed by atoms with E-state index in [1.165, 1.54) is 0 Å². The van der Waals surface area contributed by atoms with Crippen LogP contribution in [0.5, 0.6) is 11.5 Å². The van der Waals surface area contributed by atoms with E-state index >= 15 is 0 Å². The van der Waals surface area contributed by atoms with Gasteiger partial charge in [-0.15, -0.1) is 0 Å². The molecule has 0 aliphatic heterocycles. The predicted molar refractivity (Wildman–Crippen MR) is 75.4 cm³/mol. The maximum atomic E-state index is 11.1. The van der Waals surface area contributed by atoms with Crippen LogP contribution >= 0.6 is 15.9 Å². The van der Waals surface area contributed by atoms with Crippen LogP contribution in [0, 0.1) is 0 Å². The summed E-state index contributed by atoms with van der Waals surface area (Å²) in [5.74, 6) is 1.02. The average molecular weight is 332 g/mol. The Morgan fingerprint density at radius 1 is 1.42 bits per heavy atom.